The maximum absolute atomic E-state index is 14.1. The number of carboxylic acids is 1. The van der Waals surface area contributed by atoms with Gasteiger partial charge in [0.05, 0.1) is 15.7 Å². The fourth-order valence-corrected chi connectivity index (χ4v) is 4.30. The van der Waals surface area contributed by atoms with Gasteiger partial charge < -0.3 is 5.11 Å². The van der Waals surface area contributed by atoms with E-state index in [1.165, 1.54) is 18.2 Å². The van der Waals surface area contributed by atoms with Crippen LogP contribution in [0.4, 0.5) is 4.39 Å². The molecule has 0 atom stereocenters. The number of carboxylic acid groups (broad SMARTS) is 1. The molecule has 6 nitrogen and oxygen atoms in total. The quantitative estimate of drug-likeness (QED) is 0.608. The van der Waals surface area contributed by atoms with E-state index in [0.29, 0.717) is 8.26 Å². The number of aromatic nitrogens is 2. The van der Waals surface area contributed by atoms with Gasteiger partial charge in [-0.25, -0.2) is 9.18 Å². The Morgan fingerprint density at radius 3 is 2.56 bits per heavy atom. The summed E-state index contributed by atoms with van der Waals surface area (Å²) in [4.78, 5) is 36.7. The summed E-state index contributed by atoms with van der Waals surface area (Å²) in [7, 11) is 0. The third-order valence-electron chi connectivity index (χ3n) is 3.50. The summed E-state index contributed by atoms with van der Waals surface area (Å²) < 4.78 is 17.0. The Morgan fingerprint density at radius 1 is 1.20 bits per heavy atom. The topological polar surface area (TPSA) is 81.3 Å². The second-order valence-electron chi connectivity index (χ2n) is 5.16. The van der Waals surface area contributed by atoms with E-state index in [1.54, 1.807) is 6.07 Å². The molecule has 25 heavy (non-hydrogen) atoms. The molecule has 0 unspecified atom stereocenters. The number of thiophene rings is 1. The molecule has 130 valence electrons. The third-order valence-corrected chi connectivity index (χ3v) is 5.66. The van der Waals surface area contributed by atoms with Crippen LogP contribution in [-0.4, -0.2) is 20.2 Å². The van der Waals surface area contributed by atoms with Crippen LogP contribution in [0.15, 0.2) is 42.1 Å². The molecule has 1 aromatic carbocycles. The lowest BCUT2D eigenvalue weighted by Gasteiger charge is -2.11. The molecule has 0 radical (unpaired) electrons. The molecular formula is C15H9Br2FN2O4S. The summed E-state index contributed by atoms with van der Waals surface area (Å²) in [6, 6.07) is 5.81. The average Bonchev–Trinajstić information content (AvgIpc) is 2.91. The lowest BCUT2D eigenvalue weighted by atomic mass is 10.2. The molecule has 0 aliphatic rings. The number of rotatable bonds is 4. The lowest BCUT2D eigenvalue weighted by Crippen LogP contribution is -2.41. The van der Waals surface area contributed by atoms with Crippen molar-refractivity contribution in [3.8, 4) is 0 Å². The monoisotopic (exact) mass is 490 g/mol. The third kappa shape index (κ3) is 3.46. The Labute approximate surface area is 160 Å². The zero-order valence-electron chi connectivity index (χ0n) is 12.3. The van der Waals surface area contributed by atoms with Crippen molar-refractivity contribution >= 4 is 59.4 Å². The van der Waals surface area contributed by atoms with E-state index in [-0.39, 0.29) is 22.3 Å². The molecule has 1 N–H and O–H groups in total. The van der Waals surface area contributed by atoms with E-state index in [1.807, 2.05) is 0 Å². The summed E-state index contributed by atoms with van der Waals surface area (Å²) in [6.07, 6.45) is 0. The first kappa shape index (κ1) is 18.0. The number of hydrogen-bond acceptors (Lipinski definition) is 4. The minimum atomic E-state index is -1.21. The molecule has 3 rings (SSSR count). The number of aliphatic carboxylic acids is 1. The minimum absolute atomic E-state index is 0.151. The molecule has 0 saturated carbocycles. The highest BCUT2D eigenvalue weighted by Gasteiger charge is 2.18. The van der Waals surface area contributed by atoms with Gasteiger partial charge in [0.1, 0.15) is 17.2 Å². The predicted molar refractivity (Wildman–Crippen MR) is 98.9 cm³/mol. The maximum atomic E-state index is 14.1. The van der Waals surface area contributed by atoms with Crippen molar-refractivity contribution in [1.82, 2.24) is 9.13 Å². The van der Waals surface area contributed by atoms with Gasteiger partial charge >= 0.3 is 11.7 Å². The molecule has 0 aliphatic heterocycles. The summed E-state index contributed by atoms with van der Waals surface area (Å²) in [5.74, 6) is -1.79. The smallest absolute Gasteiger partial charge is 0.332 e. The van der Waals surface area contributed by atoms with Crippen molar-refractivity contribution in [1.29, 1.82) is 0 Å². The highest BCUT2D eigenvalue weighted by Crippen LogP contribution is 2.27. The second-order valence-corrected chi connectivity index (χ2v) is 8.48. The van der Waals surface area contributed by atoms with E-state index in [4.69, 9.17) is 5.11 Å². The van der Waals surface area contributed by atoms with E-state index in [2.05, 4.69) is 31.9 Å². The van der Waals surface area contributed by atoms with Gasteiger partial charge in [-0.1, -0.05) is 22.0 Å². The normalized spacial score (nSPS) is 11.2. The van der Waals surface area contributed by atoms with Crippen molar-refractivity contribution < 1.29 is 14.3 Å². The van der Waals surface area contributed by atoms with Gasteiger partial charge in [-0.3, -0.25) is 18.7 Å². The molecule has 2 heterocycles. The van der Waals surface area contributed by atoms with Gasteiger partial charge in [0.15, 0.2) is 0 Å². The maximum Gasteiger partial charge on any atom is 0.332 e. The first-order valence-electron chi connectivity index (χ1n) is 6.86. The lowest BCUT2D eigenvalue weighted by molar-refractivity contribution is -0.137. The van der Waals surface area contributed by atoms with Crippen molar-refractivity contribution in [2.75, 3.05) is 0 Å². The number of carbonyl (C=O) groups is 1. The SMILES string of the molecule is O=C(O)Cn1c(=O)n(Cc2ccc(Br)cc2F)c(=O)c2cc(Br)sc21. The first-order chi connectivity index (χ1) is 11.8. The molecule has 3 aromatic rings. The van der Waals surface area contributed by atoms with E-state index < -0.39 is 29.6 Å². The Kier molecular flexibility index (Phi) is 4.94. The number of fused-ring (bicyclic) bond motifs is 1. The van der Waals surface area contributed by atoms with Gasteiger partial charge in [-0.2, -0.15) is 0 Å². The van der Waals surface area contributed by atoms with Gasteiger partial charge in [-0.05, 0) is 34.1 Å². The summed E-state index contributed by atoms with van der Waals surface area (Å²) in [5, 5.41) is 9.27. The van der Waals surface area contributed by atoms with Crippen LogP contribution in [0.2, 0.25) is 0 Å². The number of nitrogens with zero attached hydrogens (tertiary/aromatic N) is 2. The Hall–Kier alpha value is -1.78. The standard InChI is InChI=1S/C15H9Br2FN2O4S/c16-8-2-1-7(10(18)3-8)5-19-13(23)9-4-11(17)25-14(9)20(15(19)24)6-12(21)22/h1-4H,5-6H2,(H,21,22). The summed E-state index contributed by atoms with van der Waals surface area (Å²) in [6.45, 7) is -0.884. The molecule has 0 saturated heterocycles. The molecule has 0 amide bonds. The fraction of sp³-hybridized carbons (Fsp3) is 0.133. The van der Waals surface area contributed by atoms with Crippen LogP contribution in [0.3, 0.4) is 0 Å². The summed E-state index contributed by atoms with van der Waals surface area (Å²) >= 11 is 7.47. The second kappa shape index (κ2) is 6.85. The van der Waals surface area contributed by atoms with E-state index >= 15 is 0 Å². The largest absolute Gasteiger partial charge is 0.480 e. The van der Waals surface area contributed by atoms with Crippen molar-refractivity contribution in [2.45, 2.75) is 13.1 Å². The first-order valence-corrected chi connectivity index (χ1v) is 9.26. The highest BCUT2D eigenvalue weighted by atomic mass is 79.9. The van der Waals surface area contributed by atoms with Crippen LogP contribution in [0.1, 0.15) is 5.56 Å². The molecule has 0 bridgehead atoms. The van der Waals surface area contributed by atoms with Crippen LogP contribution in [-0.2, 0) is 17.9 Å². The fourth-order valence-electron chi connectivity index (χ4n) is 2.40. The van der Waals surface area contributed by atoms with Crippen LogP contribution < -0.4 is 11.2 Å². The Balaban J connectivity index is 2.25. The van der Waals surface area contributed by atoms with Crippen molar-refractivity contribution in [3.05, 3.63) is 64.7 Å². The van der Waals surface area contributed by atoms with Gasteiger partial charge in [0, 0.05) is 10.0 Å². The Bertz CT molecular complexity index is 1120. The van der Waals surface area contributed by atoms with Crippen LogP contribution in [0.25, 0.3) is 10.2 Å². The molecule has 10 heteroatoms. The van der Waals surface area contributed by atoms with Crippen molar-refractivity contribution in [3.63, 3.8) is 0 Å². The van der Waals surface area contributed by atoms with E-state index in [0.717, 1.165) is 20.5 Å². The van der Waals surface area contributed by atoms with Crippen molar-refractivity contribution in [2.24, 2.45) is 0 Å². The Morgan fingerprint density at radius 2 is 1.92 bits per heavy atom. The van der Waals surface area contributed by atoms with Gasteiger partial charge in [0.25, 0.3) is 5.56 Å². The zero-order chi connectivity index (χ0) is 18.3. The molecule has 0 aliphatic carbocycles. The van der Waals surface area contributed by atoms with Gasteiger partial charge in [-0.15, -0.1) is 11.3 Å². The average molecular weight is 492 g/mol. The molecular weight excluding hydrogens is 483 g/mol. The highest BCUT2D eigenvalue weighted by molar-refractivity contribution is 9.11. The molecule has 0 fully saturated rings. The van der Waals surface area contributed by atoms with Crippen LogP contribution in [0, 0.1) is 5.82 Å². The minimum Gasteiger partial charge on any atom is -0.480 e. The number of halogens is 3. The van der Waals surface area contributed by atoms with Crippen LogP contribution in [0.5, 0.6) is 0 Å². The number of hydrogen-bond donors (Lipinski definition) is 1. The zero-order valence-corrected chi connectivity index (χ0v) is 16.3. The predicted octanol–water partition coefficient (Wildman–Crippen LogP) is 3.02. The summed E-state index contributed by atoms with van der Waals surface area (Å²) in [5.41, 5.74) is -1.24. The molecule has 0 spiro atoms. The van der Waals surface area contributed by atoms with E-state index in [9.17, 15) is 18.8 Å². The number of benzene rings is 1. The molecule has 2 aromatic heterocycles. The van der Waals surface area contributed by atoms with Crippen LogP contribution >= 0.6 is 43.2 Å². The van der Waals surface area contributed by atoms with Gasteiger partial charge in [0.2, 0.25) is 0 Å².